The predicted octanol–water partition coefficient (Wildman–Crippen LogP) is 6.57. The van der Waals surface area contributed by atoms with E-state index in [-0.39, 0.29) is 12.1 Å². The molecular formula is C35H33N3O. The van der Waals surface area contributed by atoms with Crippen molar-refractivity contribution in [3.63, 3.8) is 0 Å². The zero-order valence-electron chi connectivity index (χ0n) is 21.9. The third kappa shape index (κ3) is 3.76. The lowest BCUT2D eigenvalue weighted by Gasteiger charge is -2.31. The first-order valence-corrected chi connectivity index (χ1v) is 14.3. The monoisotopic (exact) mass is 511 g/mol. The second-order valence-corrected chi connectivity index (χ2v) is 11.6. The van der Waals surface area contributed by atoms with Crippen LogP contribution in [0.25, 0.3) is 0 Å². The molecule has 7 aliphatic rings. The van der Waals surface area contributed by atoms with Crippen molar-refractivity contribution < 1.29 is 4.74 Å². The number of nitrogens with two attached hydrogens (primary N) is 1. The average molecular weight is 512 g/mol. The molecule has 3 heterocycles. The van der Waals surface area contributed by atoms with Crippen LogP contribution in [-0.4, -0.2) is 24.4 Å². The van der Waals surface area contributed by atoms with Crippen LogP contribution in [0.5, 0.6) is 0 Å². The highest BCUT2D eigenvalue weighted by Crippen LogP contribution is 2.52. The molecule has 0 amide bonds. The van der Waals surface area contributed by atoms with Crippen molar-refractivity contribution in [1.82, 2.24) is 0 Å². The molecule has 3 aliphatic heterocycles. The Bertz CT molecular complexity index is 1530. The lowest BCUT2D eigenvalue weighted by molar-refractivity contribution is 0.184. The second-order valence-electron chi connectivity index (χ2n) is 11.6. The van der Waals surface area contributed by atoms with E-state index in [1.165, 1.54) is 22.5 Å². The molecule has 7 unspecified atom stereocenters. The van der Waals surface area contributed by atoms with E-state index in [0.29, 0.717) is 29.7 Å². The highest BCUT2D eigenvalue weighted by Gasteiger charge is 2.48. The van der Waals surface area contributed by atoms with Gasteiger partial charge < -0.3 is 15.4 Å². The molecule has 194 valence electrons. The summed E-state index contributed by atoms with van der Waals surface area (Å²) in [4.78, 5) is 7.27. The van der Waals surface area contributed by atoms with Gasteiger partial charge in [0.2, 0.25) is 0 Å². The maximum absolute atomic E-state index is 6.50. The van der Waals surface area contributed by atoms with Crippen molar-refractivity contribution in [2.24, 2.45) is 28.5 Å². The van der Waals surface area contributed by atoms with Crippen molar-refractivity contribution in [2.45, 2.75) is 43.4 Å². The van der Waals surface area contributed by atoms with Crippen molar-refractivity contribution >= 4 is 11.9 Å². The van der Waals surface area contributed by atoms with Gasteiger partial charge in [-0.25, -0.2) is 0 Å². The summed E-state index contributed by atoms with van der Waals surface area (Å²) in [6.07, 6.45) is 34.2. The van der Waals surface area contributed by atoms with Crippen LogP contribution in [0.2, 0.25) is 0 Å². The lowest BCUT2D eigenvalue weighted by Crippen LogP contribution is -2.32. The van der Waals surface area contributed by atoms with Crippen LogP contribution in [0.1, 0.15) is 30.7 Å². The highest BCUT2D eigenvalue weighted by molar-refractivity contribution is 5.78. The molecular weight excluding hydrogens is 478 g/mol. The Morgan fingerprint density at radius 2 is 1.85 bits per heavy atom. The number of anilines is 1. The van der Waals surface area contributed by atoms with Crippen LogP contribution in [0.3, 0.4) is 0 Å². The van der Waals surface area contributed by atoms with E-state index in [2.05, 4.69) is 108 Å². The molecule has 8 rings (SSSR count). The van der Waals surface area contributed by atoms with E-state index >= 15 is 0 Å². The summed E-state index contributed by atoms with van der Waals surface area (Å²) in [5, 5.41) is 0. The average Bonchev–Trinajstić information content (AvgIpc) is 3.51. The molecule has 1 saturated heterocycles. The Labute approximate surface area is 230 Å². The first-order chi connectivity index (χ1) is 19.2. The first-order valence-electron chi connectivity index (χ1n) is 14.3. The van der Waals surface area contributed by atoms with Crippen LogP contribution >= 0.6 is 0 Å². The van der Waals surface area contributed by atoms with E-state index < -0.39 is 0 Å². The van der Waals surface area contributed by atoms with Gasteiger partial charge in [0.15, 0.2) is 0 Å². The third-order valence-electron chi connectivity index (χ3n) is 9.43. The van der Waals surface area contributed by atoms with Gasteiger partial charge in [0.25, 0.3) is 0 Å². The number of aliphatic imine (C=N–C) groups is 1. The van der Waals surface area contributed by atoms with E-state index in [1.807, 2.05) is 6.21 Å². The SMILES string of the molecule is NC1=CCC(C2=CC=CC(c3cccc(N4C5=C(CC6C(=C5)OC5C=CC=CC56)C5C=CC=CC54)c3)C2)N=C1. The number of dihydropyridines is 1. The van der Waals surface area contributed by atoms with Gasteiger partial charge in [-0.2, -0.15) is 0 Å². The van der Waals surface area contributed by atoms with Gasteiger partial charge in [0.05, 0.1) is 12.1 Å². The van der Waals surface area contributed by atoms with Crippen molar-refractivity contribution in [2.75, 3.05) is 4.90 Å². The summed E-state index contributed by atoms with van der Waals surface area (Å²) < 4.78 is 6.50. The third-order valence-corrected chi connectivity index (χ3v) is 9.43. The number of nitrogens with zero attached hydrogens (tertiary/aromatic N) is 2. The molecule has 2 N–H and O–H groups in total. The molecule has 39 heavy (non-hydrogen) atoms. The van der Waals surface area contributed by atoms with Crippen molar-refractivity contribution in [3.8, 4) is 0 Å². The zero-order chi connectivity index (χ0) is 25.9. The molecule has 0 spiro atoms. The molecule has 4 aliphatic carbocycles. The standard InChI is InChI=1S/C35H33N3O/c36-25-15-16-31(37-21-25)24-9-5-7-22(17-24)23-8-6-10-26(18-23)38-32-13-3-1-11-27(32)29-19-30-28-12-2-4-14-34(28)39-35(30)20-33(29)38/h1-15,18,20-22,27-28,30-32,34H,16-17,19,36H2. The van der Waals surface area contributed by atoms with Gasteiger partial charge >= 0.3 is 0 Å². The summed E-state index contributed by atoms with van der Waals surface area (Å²) in [7, 11) is 0. The Morgan fingerprint density at radius 3 is 2.77 bits per heavy atom. The van der Waals surface area contributed by atoms with Crippen LogP contribution in [0, 0.1) is 17.8 Å². The Hall–Kier alpha value is -4.05. The van der Waals surface area contributed by atoms with Gasteiger partial charge in [-0.3, -0.25) is 4.99 Å². The van der Waals surface area contributed by atoms with Crippen LogP contribution in [0.15, 0.2) is 137 Å². The molecule has 1 aromatic carbocycles. The van der Waals surface area contributed by atoms with Crippen molar-refractivity contribution in [1.29, 1.82) is 0 Å². The van der Waals surface area contributed by atoms with Crippen LogP contribution in [0.4, 0.5) is 5.69 Å². The van der Waals surface area contributed by atoms with E-state index in [9.17, 15) is 0 Å². The highest BCUT2D eigenvalue weighted by atomic mass is 16.5. The number of fused-ring (bicyclic) bond motifs is 5. The predicted molar refractivity (Wildman–Crippen MR) is 158 cm³/mol. The van der Waals surface area contributed by atoms with E-state index in [1.54, 1.807) is 5.57 Å². The summed E-state index contributed by atoms with van der Waals surface area (Å²) in [6.45, 7) is 0. The molecule has 0 bridgehead atoms. The minimum Gasteiger partial charge on any atom is -0.490 e. The Morgan fingerprint density at radius 1 is 0.949 bits per heavy atom. The number of benzene rings is 1. The number of allylic oxidation sites excluding steroid dienone is 10. The largest absolute Gasteiger partial charge is 0.490 e. The van der Waals surface area contributed by atoms with Gasteiger partial charge in [0, 0.05) is 47.0 Å². The summed E-state index contributed by atoms with van der Waals surface area (Å²) in [5.41, 5.74) is 13.6. The maximum atomic E-state index is 6.50. The summed E-state index contributed by atoms with van der Waals surface area (Å²) in [5.74, 6) is 2.77. The van der Waals surface area contributed by atoms with Crippen LogP contribution in [-0.2, 0) is 4.74 Å². The molecule has 0 saturated carbocycles. The molecule has 0 aromatic heterocycles. The normalized spacial score (nSPS) is 35.1. The smallest absolute Gasteiger partial charge is 0.124 e. The summed E-state index contributed by atoms with van der Waals surface area (Å²) >= 11 is 0. The van der Waals surface area contributed by atoms with Gasteiger partial charge in [-0.1, -0.05) is 79.0 Å². The van der Waals surface area contributed by atoms with Crippen molar-refractivity contribution in [3.05, 3.63) is 137 Å². The fourth-order valence-electron chi connectivity index (χ4n) is 7.50. The zero-order valence-corrected chi connectivity index (χ0v) is 21.9. The second kappa shape index (κ2) is 9.01. The molecule has 0 radical (unpaired) electrons. The van der Waals surface area contributed by atoms with Gasteiger partial charge in [-0.15, -0.1) is 0 Å². The summed E-state index contributed by atoms with van der Waals surface area (Å²) in [6, 6.07) is 9.68. The topological polar surface area (TPSA) is 50.8 Å². The number of hydrogen-bond acceptors (Lipinski definition) is 4. The number of ether oxygens (including phenoxy) is 1. The van der Waals surface area contributed by atoms with Gasteiger partial charge in [-0.05, 0) is 60.3 Å². The lowest BCUT2D eigenvalue weighted by atomic mass is 9.76. The molecule has 1 aromatic rings. The maximum Gasteiger partial charge on any atom is 0.124 e. The van der Waals surface area contributed by atoms with E-state index in [0.717, 1.165) is 30.7 Å². The molecule has 4 heteroatoms. The van der Waals surface area contributed by atoms with Crippen LogP contribution < -0.4 is 10.6 Å². The molecule has 1 fully saturated rings. The minimum absolute atomic E-state index is 0.168. The molecule has 7 atom stereocenters. The van der Waals surface area contributed by atoms with E-state index in [4.69, 9.17) is 15.5 Å². The molecule has 4 nitrogen and oxygen atoms in total. The quantitative estimate of drug-likeness (QED) is 0.499. The van der Waals surface area contributed by atoms with Gasteiger partial charge in [0.1, 0.15) is 11.9 Å². The number of hydrogen-bond donors (Lipinski definition) is 1. The minimum atomic E-state index is 0.168. The fraction of sp³-hybridized carbons (Fsp3) is 0.286. The fourth-order valence-corrected chi connectivity index (χ4v) is 7.50. The Kier molecular flexibility index (Phi) is 5.29. The Balaban J connectivity index is 1.11. The number of rotatable bonds is 3. The first kappa shape index (κ1) is 22.9.